The van der Waals surface area contributed by atoms with Crippen LogP contribution in [0.3, 0.4) is 0 Å². The summed E-state index contributed by atoms with van der Waals surface area (Å²) in [7, 11) is -2.40. The van der Waals surface area contributed by atoms with E-state index in [0.29, 0.717) is 30.0 Å². The van der Waals surface area contributed by atoms with Gasteiger partial charge in [0, 0.05) is 23.4 Å². The lowest BCUT2D eigenvalue weighted by molar-refractivity contribution is -0.124. The van der Waals surface area contributed by atoms with Gasteiger partial charge >= 0.3 is 5.76 Å². The summed E-state index contributed by atoms with van der Waals surface area (Å²) in [5.41, 5.74) is 0.562. The molecule has 1 fully saturated rings. The van der Waals surface area contributed by atoms with E-state index in [1.54, 1.807) is 11.0 Å². The number of alkyl halides is 2. The van der Waals surface area contributed by atoms with Crippen molar-refractivity contribution in [1.29, 1.82) is 0 Å². The molecule has 0 bridgehead atoms. The predicted octanol–water partition coefficient (Wildman–Crippen LogP) is 3.15. The Labute approximate surface area is 135 Å². The fraction of sp³-hybridized carbons (Fsp3) is 0.438. The molecule has 7 heteroatoms. The summed E-state index contributed by atoms with van der Waals surface area (Å²) in [5.74, 6) is -2.45. The molecule has 0 saturated carbocycles. The number of carbonyl (C=O) groups is 1. The first-order valence-corrected chi connectivity index (χ1v) is 8.55. The quantitative estimate of drug-likeness (QED) is 0.848. The van der Waals surface area contributed by atoms with Gasteiger partial charge in [0.2, 0.25) is 5.91 Å². The number of hydrogen-bond donors (Lipinski definition) is 0. The van der Waals surface area contributed by atoms with Crippen LogP contribution in [0.2, 0.25) is 0 Å². The number of ether oxygens (including phenoxy) is 1. The van der Waals surface area contributed by atoms with Crippen molar-refractivity contribution in [3.05, 3.63) is 29.8 Å². The molecule has 2 aliphatic heterocycles. The van der Waals surface area contributed by atoms with Crippen molar-refractivity contribution in [1.82, 2.24) is 4.90 Å². The van der Waals surface area contributed by atoms with E-state index in [1.807, 2.05) is 19.9 Å². The van der Waals surface area contributed by atoms with Gasteiger partial charge in [-0.25, -0.2) is 4.21 Å². The molecule has 0 radical (unpaired) electrons. The number of halogens is 2. The van der Waals surface area contributed by atoms with Gasteiger partial charge in [-0.2, -0.15) is 8.78 Å². The Morgan fingerprint density at radius 2 is 2.09 bits per heavy atom. The first kappa shape index (κ1) is 16.1. The molecule has 1 unspecified atom stereocenters. The van der Waals surface area contributed by atoms with E-state index in [4.69, 9.17) is 4.74 Å². The number of hydrogen-bond acceptors (Lipinski definition) is 3. The zero-order valence-electron chi connectivity index (χ0n) is 12.8. The lowest BCUT2D eigenvalue weighted by Gasteiger charge is -2.34. The van der Waals surface area contributed by atoms with Crippen LogP contribution in [0.15, 0.2) is 29.2 Å². The van der Waals surface area contributed by atoms with Gasteiger partial charge in [-0.15, -0.1) is 0 Å². The van der Waals surface area contributed by atoms with E-state index in [-0.39, 0.29) is 10.8 Å². The van der Waals surface area contributed by atoms with E-state index < -0.39 is 22.2 Å². The Balaban J connectivity index is 2.09. The largest absolute Gasteiger partial charge is 0.483 e. The van der Waals surface area contributed by atoms with Gasteiger partial charge in [0.05, 0.1) is 5.70 Å². The van der Waals surface area contributed by atoms with Crippen molar-refractivity contribution in [2.45, 2.75) is 42.9 Å². The maximum absolute atomic E-state index is 12.7. The Morgan fingerprint density at radius 1 is 1.35 bits per heavy atom. The Hall–Kier alpha value is -1.76. The number of amides is 1. The summed E-state index contributed by atoms with van der Waals surface area (Å²) in [6.45, 7) is 4.31. The molecule has 23 heavy (non-hydrogen) atoms. The second kappa shape index (κ2) is 5.70. The van der Waals surface area contributed by atoms with Gasteiger partial charge in [-0.3, -0.25) is 4.79 Å². The Bertz CT molecular complexity index is 715. The molecule has 2 heterocycles. The zero-order chi connectivity index (χ0) is 16.8. The van der Waals surface area contributed by atoms with Crippen LogP contribution < -0.4 is 4.74 Å². The number of fused-ring (bicyclic) bond motifs is 1. The van der Waals surface area contributed by atoms with Crippen molar-refractivity contribution in [3.8, 4) is 5.75 Å². The van der Waals surface area contributed by atoms with E-state index in [1.165, 1.54) is 12.1 Å². The number of benzene rings is 1. The van der Waals surface area contributed by atoms with E-state index in [2.05, 4.69) is 0 Å². The van der Waals surface area contributed by atoms with E-state index in [9.17, 15) is 17.8 Å². The fourth-order valence-electron chi connectivity index (χ4n) is 2.87. The van der Waals surface area contributed by atoms with Crippen LogP contribution in [0.1, 0.15) is 32.3 Å². The molecule has 3 rings (SSSR count). The van der Waals surface area contributed by atoms with Gasteiger partial charge in [0.15, 0.2) is 0 Å². The van der Waals surface area contributed by atoms with E-state index >= 15 is 0 Å². The van der Waals surface area contributed by atoms with Crippen LogP contribution in [0.4, 0.5) is 8.78 Å². The van der Waals surface area contributed by atoms with Gasteiger partial charge in [0.25, 0.3) is 0 Å². The molecule has 0 N–H and O–H groups in total. The highest BCUT2D eigenvalue weighted by atomic mass is 32.2. The molecule has 1 saturated heterocycles. The number of likely N-dealkylation sites (tertiary alicyclic amines) is 1. The molecule has 1 aromatic carbocycles. The second-order valence-corrected chi connectivity index (χ2v) is 7.52. The molecular formula is C16H17F2NO3S. The third-order valence-electron chi connectivity index (χ3n) is 3.84. The van der Waals surface area contributed by atoms with Gasteiger partial charge < -0.3 is 9.64 Å². The minimum atomic E-state index is -2.95. The molecular weight excluding hydrogens is 324 g/mol. The third kappa shape index (κ3) is 3.02. The summed E-state index contributed by atoms with van der Waals surface area (Å²) in [6, 6.07) is 4.36. The van der Waals surface area contributed by atoms with Crippen LogP contribution in [-0.2, 0) is 15.6 Å². The molecule has 124 valence electrons. The minimum absolute atomic E-state index is 0.000264. The van der Waals surface area contributed by atoms with Crippen LogP contribution in [-0.4, -0.2) is 32.9 Å². The highest BCUT2D eigenvalue weighted by Gasteiger charge is 2.34. The van der Waals surface area contributed by atoms with E-state index in [0.717, 1.165) is 6.42 Å². The lowest BCUT2D eigenvalue weighted by atomic mass is 9.98. The Morgan fingerprint density at radius 3 is 2.70 bits per heavy atom. The molecule has 2 aliphatic rings. The summed E-state index contributed by atoms with van der Waals surface area (Å²) < 4.78 is 42.9. The zero-order valence-corrected chi connectivity index (χ0v) is 13.7. The van der Waals surface area contributed by atoms with Crippen molar-refractivity contribution in [3.63, 3.8) is 0 Å². The van der Waals surface area contributed by atoms with Crippen molar-refractivity contribution >= 4 is 22.4 Å². The molecule has 0 aromatic heterocycles. The predicted molar refractivity (Wildman–Crippen MR) is 82.5 cm³/mol. The number of rotatable bonds is 3. The minimum Gasteiger partial charge on any atom is -0.483 e. The fourth-order valence-corrected chi connectivity index (χ4v) is 3.51. The Kier molecular flexibility index (Phi) is 4.00. The molecule has 1 atom stereocenters. The van der Waals surface area contributed by atoms with Crippen molar-refractivity contribution in [2.24, 2.45) is 0 Å². The first-order chi connectivity index (χ1) is 10.8. The molecule has 1 aromatic rings. The summed E-state index contributed by atoms with van der Waals surface area (Å²) in [5, 5.41) is 0. The SMILES string of the molecule is CC1(C)C=C(N2CCCC2=O)c2cc(S(=O)C(F)F)ccc2O1. The molecule has 0 spiro atoms. The second-order valence-electron chi connectivity index (χ2n) is 6.10. The highest BCUT2D eigenvalue weighted by Crippen LogP contribution is 2.40. The van der Waals surface area contributed by atoms with Crippen LogP contribution in [0.5, 0.6) is 5.75 Å². The maximum Gasteiger partial charge on any atom is 0.316 e. The van der Waals surface area contributed by atoms with Crippen molar-refractivity contribution < 1.29 is 22.5 Å². The smallest absolute Gasteiger partial charge is 0.316 e. The summed E-state index contributed by atoms with van der Waals surface area (Å²) in [4.78, 5) is 13.8. The van der Waals surface area contributed by atoms with Crippen molar-refractivity contribution in [2.75, 3.05) is 6.54 Å². The van der Waals surface area contributed by atoms with Gasteiger partial charge in [0.1, 0.15) is 22.2 Å². The normalized spacial score (nSPS) is 21.0. The first-order valence-electron chi connectivity index (χ1n) is 7.34. The van der Waals surface area contributed by atoms with Crippen LogP contribution >= 0.6 is 0 Å². The molecule has 4 nitrogen and oxygen atoms in total. The third-order valence-corrected chi connectivity index (χ3v) is 4.88. The van der Waals surface area contributed by atoms with Crippen LogP contribution in [0, 0.1) is 0 Å². The van der Waals surface area contributed by atoms with Gasteiger partial charge in [-0.05, 0) is 44.5 Å². The maximum atomic E-state index is 12.7. The number of carbonyl (C=O) groups excluding carboxylic acids is 1. The topological polar surface area (TPSA) is 46.6 Å². The average Bonchev–Trinajstić information content (AvgIpc) is 2.90. The van der Waals surface area contributed by atoms with Gasteiger partial charge in [-0.1, -0.05) is 0 Å². The lowest BCUT2D eigenvalue weighted by Crippen LogP contribution is -2.34. The molecule has 0 aliphatic carbocycles. The summed E-state index contributed by atoms with van der Waals surface area (Å²) >= 11 is 0. The number of nitrogens with zero attached hydrogens (tertiary/aromatic N) is 1. The molecule has 1 amide bonds. The average molecular weight is 341 g/mol. The summed E-state index contributed by atoms with van der Waals surface area (Å²) in [6.07, 6.45) is 3.04. The standard InChI is InChI=1S/C16H17F2NO3S/c1-16(2)9-12(19-7-3-4-14(19)20)11-8-10(23(21)15(17)18)5-6-13(11)22-16/h5-6,8-9,15H,3-4,7H2,1-2H3. The highest BCUT2D eigenvalue weighted by molar-refractivity contribution is 7.85. The monoisotopic (exact) mass is 341 g/mol. The van der Waals surface area contributed by atoms with Crippen LogP contribution in [0.25, 0.3) is 5.70 Å².